The average Bonchev–Trinajstić information content (AvgIpc) is 2.59. The molecular formula is C17H14ClF4N3O3. The number of likely N-dealkylation sites (N-methyl/N-ethyl adjacent to an activating group) is 1. The summed E-state index contributed by atoms with van der Waals surface area (Å²) in [7, 11) is 1.24. The van der Waals surface area contributed by atoms with Gasteiger partial charge in [-0.2, -0.15) is 13.2 Å². The number of alkyl halides is 3. The highest BCUT2D eigenvalue weighted by atomic mass is 35.5. The van der Waals surface area contributed by atoms with Gasteiger partial charge in [0, 0.05) is 18.9 Å². The van der Waals surface area contributed by atoms with E-state index in [2.05, 4.69) is 5.32 Å². The van der Waals surface area contributed by atoms with Crippen LogP contribution in [-0.4, -0.2) is 34.9 Å². The number of nitrogens with one attached hydrogen (secondary N) is 1. The van der Waals surface area contributed by atoms with E-state index in [0.717, 1.165) is 17.0 Å². The van der Waals surface area contributed by atoms with Gasteiger partial charge in [-0.05, 0) is 30.3 Å². The van der Waals surface area contributed by atoms with Crippen LogP contribution in [0.3, 0.4) is 0 Å². The number of aromatic nitrogens is 1. The van der Waals surface area contributed by atoms with E-state index in [1.165, 1.54) is 19.2 Å². The first-order chi connectivity index (χ1) is 13.0. The number of carbonyl (C=O) groups is 2. The number of hydrogen-bond acceptors (Lipinski definition) is 3. The van der Waals surface area contributed by atoms with E-state index in [1.54, 1.807) is 0 Å². The Morgan fingerprint density at radius 1 is 1.21 bits per heavy atom. The SMILES string of the molecule is CN(CC(=O)Nc1ccc(F)cc1)C(=O)Cn1cc(C(F)(F)F)cc(Cl)c1=O. The van der Waals surface area contributed by atoms with E-state index in [1.807, 2.05) is 0 Å². The van der Waals surface area contributed by atoms with Crippen LogP contribution in [0.1, 0.15) is 5.56 Å². The van der Waals surface area contributed by atoms with Gasteiger partial charge in [-0.1, -0.05) is 11.6 Å². The van der Waals surface area contributed by atoms with E-state index >= 15 is 0 Å². The van der Waals surface area contributed by atoms with Crippen molar-refractivity contribution in [2.75, 3.05) is 18.9 Å². The van der Waals surface area contributed by atoms with Crippen LogP contribution in [-0.2, 0) is 22.3 Å². The fourth-order valence-electron chi connectivity index (χ4n) is 2.18. The molecule has 0 saturated carbocycles. The van der Waals surface area contributed by atoms with Gasteiger partial charge in [0.2, 0.25) is 11.8 Å². The Labute approximate surface area is 161 Å². The van der Waals surface area contributed by atoms with E-state index in [-0.39, 0.29) is 0 Å². The fourth-order valence-corrected chi connectivity index (χ4v) is 2.40. The molecule has 0 spiro atoms. The summed E-state index contributed by atoms with van der Waals surface area (Å²) in [4.78, 5) is 36.9. The molecule has 0 aliphatic heterocycles. The van der Waals surface area contributed by atoms with Gasteiger partial charge in [0.25, 0.3) is 5.56 Å². The quantitative estimate of drug-likeness (QED) is 0.758. The molecule has 2 amide bonds. The number of pyridine rings is 1. The van der Waals surface area contributed by atoms with Crippen LogP contribution >= 0.6 is 11.6 Å². The highest BCUT2D eigenvalue weighted by molar-refractivity contribution is 6.30. The van der Waals surface area contributed by atoms with Crippen molar-refractivity contribution in [2.45, 2.75) is 12.7 Å². The van der Waals surface area contributed by atoms with Gasteiger partial charge in [0.15, 0.2) is 0 Å². The van der Waals surface area contributed by atoms with Crippen molar-refractivity contribution in [3.8, 4) is 0 Å². The number of anilines is 1. The van der Waals surface area contributed by atoms with Crippen molar-refractivity contribution >= 4 is 29.1 Å². The summed E-state index contributed by atoms with van der Waals surface area (Å²) in [5.74, 6) is -1.89. The maximum atomic E-state index is 12.8. The molecule has 0 bridgehead atoms. The number of hydrogen-bond donors (Lipinski definition) is 1. The van der Waals surface area contributed by atoms with Gasteiger partial charge < -0.3 is 14.8 Å². The molecule has 1 aromatic carbocycles. The zero-order valence-electron chi connectivity index (χ0n) is 14.4. The standard InChI is InChI=1S/C17H14ClF4N3O3/c1-24(8-14(26)23-12-4-2-11(19)3-5-12)15(27)9-25-7-10(17(20,21)22)6-13(18)16(25)28/h2-7H,8-9H2,1H3,(H,23,26). The van der Waals surface area contributed by atoms with Crippen molar-refractivity contribution in [2.24, 2.45) is 0 Å². The lowest BCUT2D eigenvalue weighted by Crippen LogP contribution is -2.38. The summed E-state index contributed by atoms with van der Waals surface area (Å²) >= 11 is 5.52. The van der Waals surface area contributed by atoms with Crippen molar-refractivity contribution in [1.29, 1.82) is 0 Å². The molecule has 1 N–H and O–H groups in total. The Morgan fingerprint density at radius 2 is 1.82 bits per heavy atom. The van der Waals surface area contributed by atoms with E-state index < -0.39 is 53.0 Å². The summed E-state index contributed by atoms with van der Waals surface area (Å²) in [6.45, 7) is -1.17. The summed E-state index contributed by atoms with van der Waals surface area (Å²) in [5.41, 5.74) is -1.85. The Balaban J connectivity index is 2.06. The zero-order chi connectivity index (χ0) is 21.1. The third-order valence-corrected chi connectivity index (χ3v) is 3.88. The molecule has 11 heteroatoms. The average molecular weight is 420 g/mol. The van der Waals surface area contributed by atoms with Crippen molar-refractivity contribution in [3.05, 3.63) is 63.3 Å². The number of halogens is 5. The minimum absolute atomic E-state index is 0.299. The molecule has 1 heterocycles. The summed E-state index contributed by atoms with van der Waals surface area (Å²) in [5, 5.41) is 1.75. The Kier molecular flexibility index (Phi) is 6.45. The second-order valence-electron chi connectivity index (χ2n) is 5.81. The second-order valence-corrected chi connectivity index (χ2v) is 6.22. The highest BCUT2D eigenvalue weighted by Crippen LogP contribution is 2.29. The molecule has 0 atom stereocenters. The molecule has 0 saturated heterocycles. The van der Waals surface area contributed by atoms with Crippen LogP contribution in [0.25, 0.3) is 0 Å². The molecule has 0 aliphatic carbocycles. The first-order valence-electron chi connectivity index (χ1n) is 7.74. The first kappa shape index (κ1) is 21.4. The maximum absolute atomic E-state index is 12.8. The molecule has 28 heavy (non-hydrogen) atoms. The van der Waals surface area contributed by atoms with Gasteiger partial charge in [0.1, 0.15) is 17.4 Å². The van der Waals surface area contributed by atoms with Gasteiger partial charge in [-0.25, -0.2) is 4.39 Å². The molecule has 2 aromatic rings. The largest absolute Gasteiger partial charge is 0.417 e. The van der Waals surface area contributed by atoms with Crippen LogP contribution < -0.4 is 10.9 Å². The predicted octanol–water partition coefficient (Wildman–Crippen LogP) is 2.76. The molecule has 2 rings (SSSR count). The minimum atomic E-state index is -4.75. The summed E-state index contributed by atoms with van der Waals surface area (Å²) in [6.07, 6.45) is -4.26. The smallest absolute Gasteiger partial charge is 0.335 e. The molecule has 0 fully saturated rings. The molecular weight excluding hydrogens is 406 g/mol. The third-order valence-electron chi connectivity index (χ3n) is 3.61. The number of amides is 2. The predicted molar refractivity (Wildman–Crippen MR) is 93.4 cm³/mol. The van der Waals surface area contributed by atoms with Gasteiger partial charge in [-0.3, -0.25) is 14.4 Å². The molecule has 6 nitrogen and oxygen atoms in total. The zero-order valence-corrected chi connectivity index (χ0v) is 15.1. The molecule has 0 aliphatic rings. The van der Waals surface area contributed by atoms with Crippen LogP contribution in [0, 0.1) is 5.82 Å². The van der Waals surface area contributed by atoms with Crippen LogP contribution in [0.2, 0.25) is 5.02 Å². The van der Waals surface area contributed by atoms with Crippen molar-refractivity contribution in [1.82, 2.24) is 9.47 Å². The molecule has 1 aromatic heterocycles. The van der Waals surface area contributed by atoms with Crippen LogP contribution in [0.5, 0.6) is 0 Å². The van der Waals surface area contributed by atoms with Crippen LogP contribution in [0.4, 0.5) is 23.2 Å². The Hall–Kier alpha value is -2.88. The van der Waals surface area contributed by atoms with E-state index in [9.17, 15) is 31.9 Å². The highest BCUT2D eigenvalue weighted by Gasteiger charge is 2.32. The van der Waals surface area contributed by atoms with Crippen LogP contribution in [0.15, 0.2) is 41.3 Å². The lowest BCUT2D eigenvalue weighted by Gasteiger charge is -2.18. The fraction of sp³-hybridized carbons (Fsp3) is 0.235. The monoisotopic (exact) mass is 419 g/mol. The number of rotatable bonds is 5. The Morgan fingerprint density at radius 3 is 2.39 bits per heavy atom. The molecule has 0 unspecified atom stereocenters. The van der Waals surface area contributed by atoms with E-state index in [0.29, 0.717) is 22.5 Å². The van der Waals surface area contributed by atoms with Gasteiger partial charge >= 0.3 is 6.18 Å². The minimum Gasteiger partial charge on any atom is -0.335 e. The second kappa shape index (κ2) is 8.42. The molecule has 150 valence electrons. The molecule has 0 radical (unpaired) electrons. The van der Waals surface area contributed by atoms with Gasteiger partial charge in [-0.15, -0.1) is 0 Å². The van der Waals surface area contributed by atoms with Gasteiger partial charge in [0.05, 0.1) is 12.1 Å². The summed E-state index contributed by atoms with van der Waals surface area (Å²) in [6, 6.07) is 5.38. The topological polar surface area (TPSA) is 71.4 Å². The normalized spacial score (nSPS) is 11.2. The maximum Gasteiger partial charge on any atom is 0.417 e. The first-order valence-corrected chi connectivity index (χ1v) is 8.11. The number of nitrogens with zero attached hydrogens (tertiary/aromatic N) is 2. The number of benzene rings is 1. The summed E-state index contributed by atoms with van der Waals surface area (Å²) < 4.78 is 51.9. The van der Waals surface area contributed by atoms with Crippen molar-refractivity contribution < 1.29 is 27.2 Å². The van der Waals surface area contributed by atoms with E-state index in [4.69, 9.17) is 11.6 Å². The Bertz CT molecular complexity index is 942. The third kappa shape index (κ3) is 5.56. The number of carbonyl (C=O) groups excluding carboxylic acids is 2. The lowest BCUT2D eigenvalue weighted by atomic mass is 10.2. The lowest BCUT2D eigenvalue weighted by molar-refractivity contribution is -0.138. The van der Waals surface area contributed by atoms with Crippen molar-refractivity contribution in [3.63, 3.8) is 0 Å².